The number of halogens is 4. The van der Waals surface area contributed by atoms with Gasteiger partial charge in [-0.15, -0.1) is 5.10 Å². The lowest BCUT2D eigenvalue weighted by molar-refractivity contribution is 0.547. The van der Waals surface area contributed by atoms with E-state index in [1.54, 1.807) is 6.92 Å². The molecular formula is C17H10ClF3N2S. The minimum atomic E-state index is -1.04. The SMILES string of the molecule is Cc1nnc(Cl)c(-c2c(F)cc(F)cc2F)c1Sc1ccccc1. The zero-order valence-electron chi connectivity index (χ0n) is 12.4. The highest BCUT2D eigenvalue weighted by atomic mass is 35.5. The van der Waals surface area contributed by atoms with Gasteiger partial charge in [-0.05, 0) is 19.1 Å². The van der Waals surface area contributed by atoms with Crippen molar-refractivity contribution in [2.45, 2.75) is 16.7 Å². The molecule has 0 saturated heterocycles. The summed E-state index contributed by atoms with van der Waals surface area (Å²) in [5, 5.41) is 7.50. The zero-order valence-corrected chi connectivity index (χ0v) is 13.9. The summed E-state index contributed by atoms with van der Waals surface area (Å²) in [5.41, 5.74) is 0.109. The highest BCUT2D eigenvalue weighted by Gasteiger charge is 2.23. The summed E-state index contributed by atoms with van der Waals surface area (Å²) in [7, 11) is 0. The van der Waals surface area contributed by atoms with Crippen LogP contribution in [-0.4, -0.2) is 10.2 Å². The molecule has 0 saturated carbocycles. The Labute approximate surface area is 145 Å². The Balaban J connectivity index is 2.23. The van der Waals surface area contributed by atoms with Crippen LogP contribution in [-0.2, 0) is 0 Å². The molecule has 0 aliphatic carbocycles. The van der Waals surface area contributed by atoms with Gasteiger partial charge >= 0.3 is 0 Å². The highest BCUT2D eigenvalue weighted by molar-refractivity contribution is 7.99. The lowest BCUT2D eigenvalue weighted by Crippen LogP contribution is -2.00. The van der Waals surface area contributed by atoms with Crippen LogP contribution < -0.4 is 0 Å². The molecule has 0 aliphatic heterocycles. The van der Waals surface area contributed by atoms with Gasteiger partial charge in [-0.3, -0.25) is 0 Å². The van der Waals surface area contributed by atoms with E-state index in [4.69, 9.17) is 11.6 Å². The van der Waals surface area contributed by atoms with Crippen LogP contribution in [0.5, 0.6) is 0 Å². The van der Waals surface area contributed by atoms with Crippen LogP contribution in [0.1, 0.15) is 5.69 Å². The second-order valence-corrected chi connectivity index (χ2v) is 6.38. The number of aromatic nitrogens is 2. The number of hydrogen-bond acceptors (Lipinski definition) is 3. The Morgan fingerprint density at radius 3 is 2.17 bits per heavy atom. The van der Waals surface area contributed by atoms with E-state index in [-0.39, 0.29) is 10.7 Å². The van der Waals surface area contributed by atoms with E-state index in [0.29, 0.717) is 22.7 Å². The Morgan fingerprint density at radius 2 is 1.54 bits per heavy atom. The van der Waals surface area contributed by atoms with E-state index in [1.807, 2.05) is 30.3 Å². The first-order chi connectivity index (χ1) is 11.5. The van der Waals surface area contributed by atoms with Gasteiger partial charge < -0.3 is 0 Å². The van der Waals surface area contributed by atoms with Gasteiger partial charge in [0.25, 0.3) is 0 Å². The van der Waals surface area contributed by atoms with Crippen molar-refractivity contribution in [1.29, 1.82) is 0 Å². The smallest absolute Gasteiger partial charge is 0.160 e. The van der Waals surface area contributed by atoms with Crippen molar-refractivity contribution in [3.05, 3.63) is 70.8 Å². The number of rotatable bonds is 3. The summed E-state index contributed by atoms with van der Waals surface area (Å²) in [5.74, 6) is -3.09. The third-order valence-electron chi connectivity index (χ3n) is 3.27. The van der Waals surface area contributed by atoms with E-state index in [9.17, 15) is 13.2 Å². The molecule has 1 aromatic heterocycles. The Kier molecular flexibility index (Phi) is 4.78. The van der Waals surface area contributed by atoms with Crippen molar-refractivity contribution >= 4 is 23.4 Å². The van der Waals surface area contributed by atoms with Crippen molar-refractivity contribution in [1.82, 2.24) is 10.2 Å². The molecule has 2 aromatic carbocycles. The molecule has 0 spiro atoms. The highest BCUT2D eigenvalue weighted by Crippen LogP contribution is 2.42. The first-order valence-corrected chi connectivity index (χ1v) is 8.07. The number of benzene rings is 2. The molecule has 0 unspecified atom stereocenters. The summed E-state index contributed by atoms with van der Waals surface area (Å²) < 4.78 is 41.7. The molecule has 2 nitrogen and oxygen atoms in total. The third kappa shape index (κ3) is 3.25. The summed E-state index contributed by atoms with van der Waals surface area (Å²) in [6.45, 7) is 1.66. The first-order valence-electron chi connectivity index (χ1n) is 6.88. The average Bonchev–Trinajstić information content (AvgIpc) is 2.53. The fourth-order valence-electron chi connectivity index (χ4n) is 2.22. The van der Waals surface area contributed by atoms with Crippen molar-refractivity contribution in [3.8, 4) is 11.1 Å². The van der Waals surface area contributed by atoms with Crippen molar-refractivity contribution in [2.75, 3.05) is 0 Å². The van der Waals surface area contributed by atoms with Gasteiger partial charge in [-0.1, -0.05) is 41.6 Å². The monoisotopic (exact) mass is 366 g/mol. The summed E-state index contributed by atoms with van der Waals surface area (Å²) in [6.07, 6.45) is 0. The molecule has 3 rings (SSSR count). The molecule has 0 atom stereocenters. The summed E-state index contributed by atoms with van der Waals surface area (Å²) in [6, 6.07) is 10.5. The lowest BCUT2D eigenvalue weighted by Gasteiger charge is -2.14. The summed E-state index contributed by atoms with van der Waals surface area (Å²) in [4.78, 5) is 1.31. The van der Waals surface area contributed by atoms with Gasteiger partial charge in [0.15, 0.2) is 5.15 Å². The lowest BCUT2D eigenvalue weighted by atomic mass is 10.1. The van der Waals surface area contributed by atoms with Gasteiger partial charge in [0, 0.05) is 27.5 Å². The van der Waals surface area contributed by atoms with Crippen LogP contribution in [0, 0.1) is 24.4 Å². The number of nitrogens with zero attached hydrogens (tertiary/aromatic N) is 2. The van der Waals surface area contributed by atoms with E-state index < -0.39 is 23.0 Å². The van der Waals surface area contributed by atoms with Crippen molar-refractivity contribution < 1.29 is 13.2 Å². The largest absolute Gasteiger partial charge is 0.207 e. The normalized spacial score (nSPS) is 10.9. The number of hydrogen-bond donors (Lipinski definition) is 0. The molecule has 0 amide bonds. The molecule has 0 N–H and O–H groups in total. The molecule has 0 fully saturated rings. The van der Waals surface area contributed by atoms with E-state index in [0.717, 1.165) is 4.90 Å². The molecule has 3 aromatic rings. The van der Waals surface area contributed by atoms with Crippen LogP contribution in [0.25, 0.3) is 11.1 Å². The second kappa shape index (κ2) is 6.83. The van der Waals surface area contributed by atoms with Crippen LogP contribution >= 0.6 is 23.4 Å². The van der Waals surface area contributed by atoms with E-state index in [1.165, 1.54) is 11.8 Å². The minimum Gasteiger partial charge on any atom is -0.207 e. The van der Waals surface area contributed by atoms with E-state index >= 15 is 0 Å². The molecule has 24 heavy (non-hydrogen) atoms. The first kappa shape index (κ1) is 16.8. The maximum absolute atomic E-state index is 14.2. The molecule has 0 bridgehead atoms. The fourth-order valence-corrected chi connectivity index (χ4v) is 3.52. The number of aryl methyl sites for hydroxylation is 1. The fraction of sp³-hybridized carbons (Fsp3) is 0.0588. The third-order valence-corrected chi connectivity index (χ3v) is 4.75. The van der Waals surface area contributed by atoms with Crippen molar-refractivity contribution in [2.24, 2.45) is 0 Å². The second-order valence-electron chi connectivity index (χ2n) is 4.94. The zero-order chi connectivity index (χ0) is 17.3. The predicted octanol–water partition coefficient (Wildman–Crippen LogP) is 5.67. The van der Waals surface area contributed by atoms with Crippen LogP contribution in [0.15, 0.2) is 52.3 Å². The van der Waals surface area contributed by atoms with E-state index in [2.05, 4.69) is 10.2 Å². The molecule has 7 heteroatoms. The van der Waals surface area contributed by atoms with Crippen molar-refractivity contribution in [3.63, 3.8) is 0 Å². The van der Waals surface area contributed by atoms with Gasteiger partial charge in [0.05, 0.1) is 11.3 Å². The Hall–Kier alpha value is -2.05. The van der Waals surface area contributed by atoms with Gasteiger partial charge in [-0.2, -0.15) is 5.10 Å². The Bertz CT molecular complexity index is 881. The molecule has 122 valence electrons. The molecule has 1 heterocycles. The van der Waals surface area contributed by atoms with Gasteiger partial charge in [0.2, 0.25) is 0 Å². The maximum Gasteiger partial charge on any atom is 0.160 e. The average molecular weight is 367 g/mol. The quantitative estimate of drug-likeness (QED) is 0.597. The van der Waals surface area contributed by atoms with Gasteiger partial charge in [-0.25, -0.2) is 13.2 Å². The minimum absolute atomic E-state index is 0.0630. The maximum atomic E-state index is 14.2. The predicted molar refractivity (Wildman–Crippen MR) is 87.7 cm³/mol. The van der Waals surface area contributed by atoms with Crippen LogP contribution in [0.2, 0.25) is 5.15 Å². The van der Waals surface area contributed by atoms with Crippen LogP contribution in [0.3, 0.4) is 0 Å². The van der Waals surface area contributed by atoms with Crippen LogP contribution in [0.4, 0.5) is 13.2 Å². The molecule has 0 aliphatic rings. The standard InChI is InChI=1S/C17H10ClF3N2S/c1-9-16(24-11-5-3-2-4-6-11)15(17(18)23-22-9)14-12(20)7-10(19)8-13(14)21/h2-8H,1H3. The topological polar surface area (TPSA) is 25.8 Å². The summed E-state index contributed by atoms with van der Waals surface area (Å²) >= 11 is 7.33. The molecule has 0 radical (unpaired) electrons. The Morgan fingerprint density at radius 1 is 0.917 bits per heavy atom. The van der Waals surface area contributed by atoms with Gasteiger partial charge in [0.1, 0.15) is 17.5 Å². The molecular weight excluding hydrogens is 357 g/mol.